The van der Waals surface area contributed by atoms with Crippen molar-refractivity contribution in [1.29, 1.82) is 0 Å². The first-order chi connectivity index (χ1) is 9.63. The average molecular weight is 288 g/mol. The van der Waals surface area contributed by atoms with Gasteiger partial charge >= 0.3 is 0 Å². The minimum absolute atomic E-state index is 0.169. The lowest BCUT2D eigenvalue weighted by Gasteiger charge is -2.32. The number of likely N-dealkylation sites (N-methyl/N-ethyl adjacent to an activating group) is 1. The molecule has 2 atom stereocenters. The maximum Gasteiger partial charge on any atom is 0.0593 e. The molecule has 0 radical (unpaired) electrons. The summed E-state index contributed by atoms with van der Waals surface area (Å²) < 4.78 is 0. The highest BCUT2D eigenvalue weighted by Gasteiger charge is 2.24. The predicted octanol–water partition coefficient (Wildman–Crippen LogP) is 3.97. The molecule has 0 spiro atoms. The zero-order valence-electron chi connectivity index (χ0n) is 12.5. The van der Waals surface area contributed by atoms with Crippen LogP contribution in [0.4, 0.5) is 0 Å². The fraction of sp³-hybridized carbons (Fsp3) is 0.412. The van der Waals surface area contributed by atoms with Crippen molar-refractivity contribution < 1.29 is 0 Å². The first kappa shape index (κ1) is 15.2. The van der Waals surface area contributed by atoms with E-state index in [0.29, 0.717) is 6.04 Å². The van der Waals surface area contributed by atoms with E-state index in [-0.39, 0.29) is 6.04 Å². The molecular formula is C17H24N2S. The third-order valence-corrected chi connectivity index (χ3v) is 4.81. The van der Waals surface area contributed by atoms with Gasteiger partial charge in [0.1, 0.15) is 0 Å². The number of rotatable bonds is 6. The Kier molecular flexibility index (Phi) is 5.35. The summed E-state index contributed by atoms with van der Waals surface area (Å²) in [5.41, 5.74) is 9.08. The lowest BCUT2D eigenvalue weighted by Crippen LogP contribution is -2.38. The van der Waals surface area contributed by atoms with E-state index in [1.54, 1.807) is 11.3 Å². The zero-order valence-corrected chi connectivity index (χ0v) is 13.4. The van der Waals surface area contributed by atoms with Crippen LogP contribution in [0.25, 0.3) is 0 Å². The van der Waals surface area contributed by atoms with Gasteiger partial charge in [0.15, 0.2) is 0 Å². The van der Waals surface area contributed by atoms with E-state index in [4.69, 9.17) is 5.73 Å². The molecule has 2 nitrogen and oxygen atoms in total. The molecule has 108 valence electrons. The largest absolute Gasteiger partial charge is 0.326 e. The molecule has 2 aromatic rings. The van der Waals surface area contributed by atoms with Crippen molar-refractivity contribution in [3.63, 3.8) is 0 Å². The molecule has 0 aliphatic carbocycles. The SMILES string of the molecule is CCC(N)C(c1cccs1)N(C)Cc1ccccc1C. The van der Waals surface area contributed by atoms with Gasteiger partial charge in [0.25, 0.3) is 0 Å². The predicted molar refractivity (Wildman–Crippen MR) is 88.0 cm³/mol. The van der Waals surface area contributed by atoms with Crippen LogP contribution in [0.5, 0.6) is 0 Å². The third kappa shape index (κ3) is 3.48. The molecule has 3 heteroatoms. The summed E-state index contributed by atoms with van der Waals surface area (Å²) in [6.45, 7) is 5.26. The molecule has 2 rings (SSSR count). The fourth-order valence-corrected chi connectivity index (χ4v) is 3.56. The molecule has 0 amide bonds. The highest BCUT2D eigenvalue weighted by Crippen LogP contribution is 2.29. The second kappa shape index (κ2) is 7.02. The fourth-order valence-electron chi connectivity index (χ4n) is 2.59. The van der Waals surface area contributed by atoms with Crippen molar-refractivity contribution in [2.24, 2.45) is 5.73 Å². The Bertz CT molecular complexity index is 522. The van der Waals surface area contributed by atoms with Crippen molar-refractivity contribution >= 4 is 11.3 Å². The Morgan fingerprint density at radius 2 is 1.95 bits per heavy atom. The normalized spacial score (nSPS) is 14.4. The van der Waals surface area contributed by atoms with E-state index in [9.17, 15) is 0 Å². The summed E-state index contributed by atoms with van der Waals surface area (Å²) in [7, 11) is 2.17. The van der Waals surface area contributed by atoms with Gasteiger partial charge in [0.2, 0.25) is 0 Å². The lowest BCUT2D eigenvalue weighted by molar-refractivity contribution is 0.204. The van der Waals surface area contributed by atoms with E-state index < -0.39 is 0 Å². The van der Waals surface area contributed by atoms with Crippen molar-refractivity contribution in [3.8, 4) is 0 Å². The molecule has 0 fully saturated rings. The van der Waals surface area contributed by atoms with Gasteiger partial charge in [-0.15, -0.1) is 11.3 Å². The van der Waals surface area contributed by atoms with Crippen molar-refractivity contribution in [2.75, 3.05) is 7.05 Å². The number of aryl methyl sites for hydroxylation is 1. The molecule has 0 bridgehead atoms. The zero-order chi connectivity index (χ0) is 14.5. The number of benzene rings is 1. The van der Waals surface area contributed by atoms with Crippen LogP contribution in [0, 0.1) is 6.92 Å². The van der Waals surface area contributed by atoms with Crippen molar-refractivity contribution in [1.82, 2.24) is 4.90 Å². The number of nitrogens with two attached hydrogens (primary N) is 1. The van der Waals surface area contributed by atoms with Crippen LogP contribution in [0.2, 0.25) is 0 Å². The van der Waals surface area contributed by atoms with Gasteiger partial charge in [-0.1, -0.05) is 37.3 Å². The Morgan fingerprint density at radius 3 is 2.55 bits per heavy atom. The molecule has 1 aromatic heterocycles. The van der Waals surface area contributed by atoms with Crippen molar-refractivity contribution in [2.45, 2.75) is 38.9 Å². The summed E-state index contributed by atoms with van der Waals surface area (Å²) >= 11 is 1.80. The van der Waals surface area contributed by atoms with Crippen LogP contribution in [-0.2, 0) is 6.54 Å². The summed E-state index contributed by atoms with van der Waals surface area (Å²) in [6.07, 6.45) is 0.987. The van der Waals surface area contributed by atoms with Gasteiger partial charge < -0.3 is 5.73 Å². The van der Waals surface area contributed by atoms with E-state index >= 15 is 0 Å². The molecule has 1 aromatic carbocycles. The quantitative estimate of drug-likeness (QED) is 0.871. The molecular weight excluding hydrogens is 264 g/mol. The Balaban J connectivity index is 2.19. The van der Waals surface area contributed by atoms with E-state index in [0.717, 1.165) is 13.0 Å². The van der Waals surface area contributed by atoms with Crippen LogP contribution < -0.4 is 5.73 Å². The third-order valence-electron chi connectivity index (χ3n) is 3.87. The van der Waals surface area contributed by atoms with Gasteiger partial charge in [0, 0.05) is 17.5 Å². The van der Waals surface area contributed by atoms with Gasteiger partial charge in [-0.2, -0.15) is 0 Å². The summed E-state index contributed by atoms with van der Waals surface area (Å²) in [6, 6.07) is 13.3. The maximum atomic E-state index is 6.37. The van der Waals surface area contributed by atoms with Crippen molar-refractivity contribution in [3.05, 3.63) is 57.8 Å². The topological polar surface area (TPSA) is 29.3 Å². The van der Waals surface area contributed by atoms with Crippen LogP contribution in [0.3, 0.4) is 0 Å². The second-order valence-electron chi connectivity index (χ2n) is 5.37. The van der Waals surface area contributed by atoms with Crippen LogP contribution in [-0.4, -0.2) is 18.0 Å². The van der Waals surface area contributed by atoms with E-state index in [1.807, 2.05) is 0 Å². The first-order valence-electron chi connectivity index (χ1n) is 7.17. The van der Waals surface area contributed by atoms with E-state index in [1.165, 1.54) is 16.0 Å². The summed E-state index contributed by atoms with van der Waals surface area (Å²) in [4.78, 5) is 3.73. The Hall–Kier alpha value is -1.16. The highest BCUT2D eigenvalue weighted by molar-refractivity contribution is 7.10. The highest BCUT2D eigenvalue weighted by atomic mass is 32.1. The molecule has 0 saturated carbocycles. The van der Waals surface area contributed by atoms with Crippen LogP contribution >= 0.6 is 11.3 Å². The number of nitrogens with zero attached hydrogens (tertiary/aromatic N) is 1. The average Bonchev–Trinajstić information content (AvgIpc) is 2.95. The van der Waals surface area contributed by atoms with Crippen LogP contribution in [0.1, 0.15) is 35.4 Å². The number of hydrogen-bond acceptors (Lipinski definition) is 3. The maximum absolute atomic E-state index is 6.37. The smallest absolute Gasteiger partial charge is 0.0593 e. The Morgan fingerprint density at radius 1 is 1.20 bits per heavy atom. The standard InChI is InChI=1S/C17H24N2S/c1-4-15(18)17(16-10-7-11-20-16)19(3)12-14-9-6-5-8-13(14)2/h5-11,15,17H,4,12,18H2,1-3H3. The summed E-state index contributed by atoms with van der Waals surface area (Å²) in [5.74, 6) is 0. The molecule has 0 aliphatic heterocycles. The first-order valence-corrected chi connectivity index (χ1v) is 8.05. The minimum atomic E-state index is 0.169. The number of hydrogen-bond donors (Lipinski definition) is 1. The van der Waals surface area contributed by atoms with Gasteiger partial charge in [-0.05, 0) is 43.0 Å². The minimum Gasteiger partial charge on any atom is -0.326 e. The lowest BCUT2D eigenvalue weighted by atomic mass is 10.0. The van der Waals surface area contributed by atoms with Gasteiger partial charge in [-0.25, -0.2) is 0 Å². The second-order valence-corrected chi connectivity index (χ2v) is 6.35. The number of thiophene rings is 1. The summed E-state index contributed by atoms with van der Waals surface area (Å²) in [5, 5.41) is 2.13. The van der Waals surface area contributed by atoms with Gasteiger partial charge in [-0.3, -0.25) is 4.90 Å². The van der Waals surface area contributed by atoms with Gasteiger partial charge in [0.05, 0.1) is 6.04 Å². The molecule has 2 N–H and O–H groups in total. The van der Waals surface area contributed by atoms with Crippen LogP contribution in [0.15, 0.2) is 41.8 Å². The Labute approximate surface area is 126 Å². The molecule has 20 heavy (non-hydrogen) atoms. The molecule has 0 saturated heterocycles. The molecule has 0 aliphatic rings. The van der Waals surface area contributed by atoms with E-state index in [2.05, 4.69) is 67.6 Å². The monoisotopic (exact) mass is 288 g/mol. The molecule has 1 heterocycles. The molecule has 2 unspecified atom stereocenters.